The van der Waals surface area contributed by atoms with E-state index in [9.17, 15) is 25.0 Å². The van der Waals surface area contributed by atoms with E-state index in [1.54, 1.807) is 4.40 Å². The van der Waals surface area contributed by atoms with E-state index in [4.69, 9.17) is 0 Å². The van der Waals surface area contributed by atoms with Gasteiger partial charge in [0.05, 0.1) is 28.0 Å². The molecular weight excluding hydrogens is 358 g/mol. The van der Waals surface area contributed by atoms with Crippen LogP contribution in [-0.4, -0.2) is 35.3 Å². The van der Waals surface area contributed by atoms with Crippen LogP contribution in [0.1, 0.15) is 27.6 Å². The second-order valence-corrected chi connectivity index (χ2v) is 5.73. The number of carbonyl (C=O) groups excluding carboxylic acids is 1. The number of hydrogen-bond acceptors (Lipinski definition) is 8. The zero-order chi connectivity index (χ0) is 19.7. The van der Waals surface area contributed by atoms with Gasteiger partial charge in [-0.15, -0.1) is 10.2 Å². The number of aromatic nitrogens is 4. The van der Waals surface area contributed by atoms with Crippen molar-refractivity contribution >= 4 is 23.1 Å². The van der Waals surface area contributed by atoms with E-state index in [0.717, 1.165) is 29.6 Å². The Morgan fingerprint density at radius 1 is 1.07 bits per heavy atom. The fourth-order valence-electron chi connectivity index (χ4n) is 2.61. The number of aryl methyl sites for hydroxylation is 2. The molecule has 2 heterocycles. The molecule has 12 nitrogen and oxygen atoms in total. The van der Waals surface area contributed by atoms with Gasteiger partial charge >= 0.3 is 0 Å². The maximum atomic E-state index is 12.3. The van der Waals surface area contributed by atoms with Crippen LogP contribution in [0.4, 0.5) is 11.4 Å². The zero-order valence-corrected chi connectivity index (χ0v) is 14.2. The summed E-state index contributed by atoms with van der Waals surface area (Å²) in [5.74, 6) is 0.0716. The Hall–Kier alpha value is -3.96. The number of fused-ring (bicyclic) bond motifs is 1. The molecule has 0 bridgehead atoms. The van der Waals surface area contributed by atoms with Crippen molar-refractivity contribution < 1.29 is 14.6 Å². The maximum Gasteiger partial charge on any atom is 0.277 e. The minimum absolute atomic E-state index is 0.0396. The van der Waals surface area contributed by atoms with E-state index in [1.165, 1.54) is 0 Å². The van der Waals surface area contributed by atoms with Crippen molar-refractivity contribution in [3.05, 3.63) is 67.3 Å². The molecule has 1 amide bonds. The third kappa shape index (κ3) is 3.53. The van der Waals surface area contributed by atoms with Crippen LogP contribution < -0.4 is 5.32 Å². The Bertz CT molecular complexity index is 1060. The van der Waals surface area contributed by atoms with Gasteiger partial charge in [0.2, 0.25) is 0 Å². The zero-order valence-electron chi connectivity index (χ0n) is 14.2. The van der Waals surface area contributed by atoms with Crippen LogP contribution in [0.3, 0.4) is 0 Å². The summed E-state index contributed by atoms with van der Waals surface area (Å²) in [5, 5.41) is 32.3. The van der Waals surface area contributed by atoms with Gasteiger partial charge in [0, 0.05) is 23.5 Å². The van der Waals surface area contributed by atoms with Gasteiger partial charge < -0.3 is 5.32 Å². The Morgan fingerprint density at radius 3 is 2.30 bits per heavy atom. The monoisotopic (exact) mass is 371 g/mol. The van der Waals surface area contributed by atoms with Gasteiger partial charge in [-0.2, -0.15) is 0 Å². The Kier molecular flexibility index (Phi) is 4.46. The van der Waals surface area contributed by atoms with Crippen molar-refractivity contribution in [3.8, 4) is 0 Å². The molecule has 0 saturated heterocycles. The summed E-state index contributed by atoms with van der Waals surface area (Å²) in [6.45, 7) is 3.61. The van der Waals surface area contributed by atoms with E-state index in [1.807, 2.05) is 19.9 Å². The number of nitrogens with zero attached hydrogens (tertiary/aromatic N) is 6. The lowest BCUT2D eigenvalue weighted by Crippen LogP contribution is -2.24. The number of benzene rings is 1. The molecule has 138 valence electrons. The molecule has 0 saturated carbocycles. The van der Waals surface area contributed by atoms with Crippen LogP contribution in [0.25, 0.3) is 5.78 Å². The number of amides is 1. The van der Waals surface area contributed by atoms with Crippen molar-refractivity contribution in [2.24, 2.45) is 0 Å². The Balaban J connectivity index is 1.86. The molecule has 0 aliphatic carbocycles. The average molecular weight is 371 g/mol. The number of nitrogens with one attached hydrogen (secondary N) is 1. The number of nitro groups is 2. The molecular formula is C15H13N7O5. The smallest absolute Gasteiger partial charge is 0.277 e. The Morgan fingerprint density at radius 2 is 1.70 bits per heavy atom. The predicted molar refractivity (Wildman–Crippen MR) is 91.2 cm³/mol. The van der Waals surface area contributed by atoms with E-state index < -0.39 is 27.1 Å². The lowest BCUT2D eigenvalue weighted by molar-refractivity contribution is -0.394. The first kappa shape index (κ1) is 17.8. The van der Waals surface area contributed by atoms with Crippen molar-refractivity contribution in [1.82, 2.24) is 24.9 Å². The highest BCUT2D eigenvalue weighted by Gasteiger charge is 2.20. The fourth-order valence-corrected chi connectivity index (χ4v) is 2.61. The molecule has 3 aromatic rings. The fraction of sp³-hybridized carbons (Fsp3) is 0.200. The SMILES string of the molecule is Cc1cc(C)n2c(CNC(=O)c3cc([N+](=O)[O-])cc([N+](=O)[O-])c3)nnc2n1. The molecule has 0 spiro atoms. The van der Waals surface area contributed by atoms with Gasteiger partial charge in [-0.1, -0.05) is 0 Å². The van der Waals surface area contributed by atoms with Gasteiger partial charge in [0.1, 0.15) is 0 Å². The number of nitro benzene ring substituents is 2. The van der Waals surface area contributed by atoms with Crippen LogP contribution in [-0.2, 0) is 6.54 Å². The van der Waals surface area contributed by atoms with Crippen LogP contribution in [0.15, 0.2) is 24.3 Å². The summed E-state index contributed by atoms with van der Waals surface area (Å²) in [5.41, 5.74) is 0.302. The number of hydrogen-bond donors (Lipinski definition) is 1. The van der Waals surface area contributed by atoms with E-state index in [2.05, 4.69) is 20.5 Å². The summed E-state index contributed by atoms with van der Waals surface area (Å²) in [7, 11) is 0. The molecule has 3 rings (SSSR count). The highest BCUT2D eigenvalue weighted by Crippen LogP contribution is 2.22. The summed E-state index contributed by atoms with van der Waals surface area (Å²) < 4.78 is 1.66. The third-order valence-electron chi connectivity index (χ3n) is 3.75. The summed E-state index contributed by atoms with van der Waals surface area (Å²) >= 11 is 0. The van der Waals surface area contributed by atoms with Crippen LogP contribution >= 0.6 is 0 Å². The van der Waals surface area contributed by atoms with Gasteiger partial charge in [0.25, 0.3) is 23.1 Å². The molecule has 1 aromatic carbocycles. The van der Waals surface area contributed by atoms with Crippen molar-refractivity contribution in [2.75, 3.05) is 0 Å². The lowest BCUT2D eigenvalue weighted by Gasteiger charge is -2.06. The highest BCUT2D eigenvalue weighted by molar-refractivity contribution is 5.95. The molecule has 0 radical (unpaired) electrons. The lowest BCUT2D eigenvalue weighted by atomic mass is 10.1. The Labute approximate surface area is 151 Å². The topological polar surface area (TPSA) is 158 Å². The molecule has 0 fully saturated rings. The van der Waals surface area contributed by atoms with Crippen LogP contribution in [0, 0.1) is 34.1 Å². The number of rotatable bonds is 5. The number of carbonyl (C=O) groups is 1. The number of non-ortho nitro benzene ring substituents is 2. The van der Waals surface area contributed by atoms with Crippen molar-refractivity contribution in [3.63, 3.8) is 0 Å². The first-order valence-electron chi connectivity index (χ1n) is 7.66. The third-order valence-corrected chi connectivity index (χ3v) is 3.75. The molecule has 0 unspecified atom stereocenters. The predicted octanol–water partition coefficient (Wildman–Crippen LogP) is 1.49. The quantitative estimate of drug-likeness (QED) is 0.521. The summed E-state index contributed by atoms with van der Waals surface area (Å²) in [6.07, 6.45) is 0. The van der Waals surface area contributed by atoms with Crippen LogP contribution in [0.5, 0.6) is 0 Å². The average Bonchev–Trinajstić information content (AvgIpc) is 3.02. The minimum Gasteiger partial charge on any atom is -0.345 e. The van der Waals surface area contributed by atoms with E-state index in [0.29, 0.717) is 11.6 Å². The van der Waals surface area contributed by atoms with Crippen molar-refractivity contribution in [2.45, 2.75) is 20.4 Å². The molecule has 27 heavy (non-hydrogen) atoms. The van der Waals surface area contributed by atoms with Gasteiger partial charge in [-0.05, 0) is 19.9 Å². The molecule has 0 aliphatic rings. The molecule has 0 aliphatic heterocycles. The minimum atomic E-state index is -0.798. The van der Waals surface area contributed by atoms with Gasteiger partial charge in [0.15, 0.2) is 5.82 Å². The second kappa shape index (κ2) is 6.74. The summed E-state index contributed by atoms with van der Waals surface area (Å²) in [4.78, 5) is 36.8. The molecule has 0 atom stereocenters. The standard InChI is InChI=1S/C15H13N7O5/c1-8-3-9(2)20-13(18-19-15(20)17-8)7-16-14(23)10-4-11(21(24)25)6-12(5-10)22(26)27/h3-6H,7H2,1-2H3,(H,16,23). The van der Waals surface area contributed by atoms with Crippen molar-refractivity contribution in [1.29, 1.82) is 0 Å². The largest absolute Gasteiger partial charge is 0.345 e. The normalized spacial score (nSPS) is 10.7. The first-order valence-corrected chi connectivity index (χ1v) is 7.66. The van der Waals surface area contributed by atoms with Gasteiger partial charge in [-0.3, -0.25) is 29.4 Å². The van der Waals surface area contributed by atoms with E-state index >= 15 is 0 Å². The van der Waals surface area contributed by atoms with Crippen LogP contribution in [0.2, 0.25) is 0 Å². The first-order chi connectivity index (χ1) is 12.8. The molecule has 12 heteroatoms. The second-order valence-electron chi connectivity index (χ2n) is 5.73. The maximum absolute atomic E-state index is 12.3. The van der Waals surface area contributed by atoms with E-state index in [-0.39, 0.29) is 12.1 Å². The molecule has 1 N–H and O–H groups in total. The highest BCUT2D eigenvalue weighted by atomic mass is 16.6. The van der Waals surface area contributed by atoms with Gasteiger partial charge in [-0.25, -0.2) is 4.98 Å². The molecule has 2 aromatic heterocycles. The summed E-state index contributed by atoms with van der Waals surface area (Å²) in [6, 6.07) is 4.56.